The van der Waals surface area contributed by atoms with Crippen LogP contribution in [0.15, 0.2) is 18.5 Å². The van der Waals surface area contributed by atoms with E-state index in [4.69, 9.17) is 9.84 Å². The van der Waals surface area contributed by atoms with E-state index in [1.807, 2.05) is 4.90 Å². The maximum atomic E-state index is 12.8. The van der Waals surface area contributed by atoms with Crippen LogP contribution in [0, 0.1) is 0 Å². The van der Waals surface area contributed by atoms with E-state index in [1.54, 1.807) is 23.0 Å². The number of ether oxygens (including phenoxy) is 1. The minimum atomic E-state index is -0.0686. The molecule has 1 atom stereocenters. The molecule has 0 unspecified atom stereocenters. The third kappa shape index (κ3) is 3.35. The van der Waals surface area contributed by atoms with Gasteiger partial charge in [0, 0.05) is 31.6 Å². The number of rotatable bonds is 5. The first-order valence-electron chi connectivity index (χ1n) is 8.06. The lowest BCUT2D eigenvalue weighted by Crippen LogP contribution is -2.48. The molecule has 0 radical (unpaired) electrons. The van der Waals surface area contributed by atoms with E-state index in [-0.39, 0.29) is 18.6 Å². The lowest BCUT2D eigenvalue weighted by molar-refractivity contribution is -0.00465. The molecule has 124 valence electrons. The Hall–Kier alpha value is -1.99. The van der Waals surface area contributed by atoms with Gasteiger partial charge < -0.3 is 14.7 Å². The van der Waals surface area contributed by atoms with Gasteiger partial charge in [-0.1, -0.05) is 13.3 Å². The first kappa shape index (κ1) is 15.9. The zero-order valence-electron chi connectivity index (χ0n) is 13.3. The number of fused-ring (bicyclic) bond motifs is 1. The molecule has 23 heavy (non-hydrogen) atoms. The zero-order chi connectivity index (χ0) is 16.2. The summed E-state index contributed by atoms with van der Waals surface area (Å²) in [6.07, 6.45) is 5.97. The summed E-state index contributed by atoms with van der Waals surface area (Å²) in [5, 5.41) is 13.4. The van der Waals surface area contributed by atoms with E-state index in [0.29, 0.717) is 37.5 Å². The number of carbonyl (C=O) groups is 1. The third-order valence-electron chi connectivity index (χ3n) is 4.10. The molecule has 7 nitrogen and oxygen atoms in total. The van der Waals surface area contributed by atoms with E-state index in [9.17, 15) is 4.79 Å². The van der Waals surface area contributed by atoms with Crippen molar-refractivity contribution in [1.29, 1.82) is 0 Å². The van der Waals surface area contributed by atoms with Crippen molar-refractivity contribution in [3.8, 4) is 0 Å². The van der Waals surface area contributed by atoms with E-state index < -0.39 is 0 Å². The van der Waals surface area contributed by atoms with Gasteiger partial charge in [0.1, 0.15) is 0 Å². The molecule has 1 amide bonds. The van der Waals surface area contributed by atoms with Gasteiger partial charge in [-0.15, -0.1) is 0 Å². The molecule has 1 aliphatic rings. The van der Waals surface area contributed by atoms with Crippen molar-refractivity contribution < 1.29 is 14.6 Å². The van der Waals surface area contributed by atoms with Crippen molar-refractivity contribution in [2.24, 2.45) is 0 Å². The SMILES string of the molecule is CCC[C@@H]1COCCN1C(=O)c1cc2ncc(CCO)cn2n1. The highest BCUT2D eigenvalue weighted by Crippen LogP contribution is 2.16. The highest BCUT2D eigenvalue weighted by Gasteiger charge is 2.29. The van der Waals surface area contributed by atoms with E-state index >= 15 is 0 Å². The second-order valence-electron chi connectivity index (χ2n) is 5.78. The Morgan fingerprint density at radius 2 is 2.39 bits per heavy atom. The van der Waals surface area contributed by atoms with Crippen LogP contribution in [0.2, 0.25) is 0 Å². The summed E-state index contributed by atoms with van der Waals surface area (Å²) >= 11 is 0. The van der Waals surface area contributed by atoms with Gasteiger partial charge in [0.15, 0.2) is 11.3 Å². The molecule has 1 fully saturated rings. The largest absolute Gasteiger partial charge is 0.396 e. The molecule has 0 saturated carbocycles. The number of amides is 1. The number of aromatic nitrogens is 3. The topological polar surface area (TPSA) is 80.0 Å². The van der Waals surface area contributed by atoms with Crippen LogP contribution in [0.25, 0.3) is 5.65 Å². The van der Waals surface area contributed by atoms with Gasteiger partial charge >= 0.3 is 0 Å². The Labute approximate surface area is 134 Å². The van der Waals surface area contributed by atoms with Crippen molar-refractivity contribution in [3.63, 3.8) is 0 Å². The van der Waals surface area contributed by atoms with Gasteiger partial charge in [0.2, 0.25) is 0 Å². The second-order valence-corrected chi connectivity index (χ2v) is 5.78. The van der Waals surface area contributed by atoms with Crippen LogP contribution in [0.1, 0.15) is 35.8 Å². The summed E-state index contributed by atoms with van der Waals surface area (Å²) in [6.45, 7) is 3.92. The fourth-order valence-electron chi connectivity index (χ4n) is 2.92. The van der Waals surface area contributed by atoms with Gasteiger partial charge in [-0.3, -0.25) is 4.79 Å². The van der Waals surface area contributed by atoms with E-state index in [2.05, 4.69) is 17.0 Å². The summed E-state index contributed by atoms with van der Waals surface area (Å²) in [5.74, 6) is -0.0686. The minimum absolute atomic E-state index is 0.0622. The molecule has 7 heteroatoms. The summed E-state index contributed by atoms with van der Waals surface area (Å²) in [6, 6.07) is 1.83. The number of nitrogens with zero attached hydrogens (tertiary/aromatic N) is 4. The predicted octanol–water partition coefficient (Wildman–Crippen LogP) is 0.905. The number of carbonyl (C=O) groups excluding carboxylic acids is 1. The van der Waals surface area contributed by atoms with Crippen LogP contribution in [-0.2, 0) is 11.2 Å². The van der Waals surface area contributed by atoms with Crippen LogP contribution in [-0.4, -0.2) is 62.9 Å². The van der Waals surface area contributed by atoms with Crippen molar-refractivity contribution in [1.82, 2.24) is 19.5 Å². The molecule has 1 saturated heterocycles. The quantitative estimate of drug-likeness (QED) is 0.886. The maximum absolute atomic E-state index is 12.8. The molecule has 0 spiro atoms. The van der Waals surface area contributed by atoms with Crippen LogP contribution in [0.5, 0.6) is 0 Å². The standard InChI is InChI=1S/C16H22N4O3/c1-2-3-13-11-23-7-5-19(13)16(22)14-8-15-17-9-12(4-6-21)10-20(15)18-14/h8-10,13,21H,2-7,11H2,1H3/t13-/m1/s1. The van der Waals surface area contributed by atoms with Gasteiger partial charge in [0.05, 0.1) is 19.3 Å². The minimum Gasteiger partial charge on any atom is -0.396 e. The number of aliphatic hydroxyl groups is 1. The molecular weight excluding hydrogens is 296 g/mol. The smallest absolute Gasteiger partial charge is 0.274 e. The van der Waals surface area contributed by atoms with Crippen molar-refractivity contribution in [2.75, 3.05) is 26.4 Å². The first-order chi connectivity index (χ1) is 11.2. The molecule has 0 aromatic carbocycles. The number of aliphatic hydroxyl groups excluding tert-OH is 1. The molecule has 0 aliphatic carbocycles. The Kier molecular flexibility index (Phi) is 4.88. The number of hydrogen-bond donors (Lipinski definition) is 1. The fourth-order valence-corrected chi connectivity index (χ4v) is 2.92. The van der Waals surface area contributed by atoms with Gasteiger partial charge in [-0.25, -0.2) is 9.50 Å². The molecule has 3 rings (SSSR count). The van der Waals surface area contributed by atoms with E-state index in [1.165, 1.54) is 0 Å². The molecule has 2 aromatic heterocycles. The average Bonchev–Trinajstić information content (AvgIpc) is 2.99. The number of hydrogen-bond acceptors (Lipinski definition) is 5. The molecule has 1 aliphatic heterocycles. The fraction of sp³-hybridized carbons (Fsp3) is 0.562. The van der Waals surface area contributed by atoms with Crippen molar-refractivity contribution in [2.45, 2.75) is 32.2 Å². The highest BCUT2D eigenvalue weighted by molar-refractivity contribution is 5.93. The van der Waals surface area contributed by atoms with Gasteiger partial charge in [-0.2, -0.15) is 5.10 Å². The van der Waals surface area contributed by atoms with E-state index in [0.717, 1.165) is 18.4 Å². The third-order valence-corrected chi connectivity index (χ3v) is 4.10. The molecule has 0 bridgehead atoms. The molecule has 3 heterocycles. The second kappa shape index (κ2) is 7.06. The molecule has 1 N–H and O–H groups in total. The lowest BCUT2D eigenvalue weighted by atomic mass is 10.1. The van der Waals surface area contributed by atoms with Crippen LogP contribution >= 0.6 is 0 Å². The van der Waals surface area contributed by atoms with Crippen LogP contribution in [0.4, 0.5) is 0 Å². The van der Waals surface area contributed by atoms with Crippen LogP contribution in [0.3, 0.4) is 0 Å². The van der Waals surface area contributed by atoms with Gasteiger partial charge in [0.25, 0.3) is 5.91 Å². The predicted molar refractivity (Wildman–Crippen MR) is 84.3 cm³/mol. The summed E-state index contributed by atoms with van der Waals surface area (Å²) in [7, 11) is 0. The van der Waals surface area contributed by atoms with Crippen LogP contribution < -0.4 is 0 Å². The van der Waals surface area contributed by atoms with Crippen molar-refractivity contribution >= 4 is 11.6 Å². The number of morpholine rings is 1. The average molecular weight is 318 g/mol. The monoisotopic (exact) mass is 318 g/mol. The zero-order valence-corrected chi connectivity index (χ0v) is 13.3. The Morgan fingerprint density at radius 3 is 3.17 bits per heavy atom. The Balaban J connectivity index is 1.84. The highest BCUT2D eigenvalue weighted by atomic mass is 16.5. The summed E-state index contributed by atoms with van der Waals surface area (Å²) < 4.78 is 7.10. The summed E-state index contributed by atoms with van der Waals surface area (Å²) in [5.41, 5.74) is 1.93. The van der Waals surface area contributed by atoms with Gasteiger partial charge in [-0.05, 0) is 18.4 Å². The van der Waals surface area contributed by atoms with Crippen molar-refractivity contribution in [3.05, 3.63) is 29.7 Å². The molecular formula is C16H22N4O3. The Bertz CT molecular complexity index is 683. The Morgan fingerprint density at radius 1 is 1.52 bits per heavy atom. The lowest BCUT2D eigenvalue weighted by Gasteiger charge is -2.35. The molecule has 2 aromatic rings. The first-order valence-corrected chi connectivity index (χ1v) is 8.06. The summed E-state index contributed by atoms with van der Waals surface area (Å²) in [4.78, 5) is 19.0. The normalized spacial score (nSPS) is 18.5. The maximum Gasteiger partial charge on any atom is 0.274 e.